The summed E-state index contributed by atoms with van der Waals surface area (Å²) in [5.74, 6) is -0.601. The third-order valence-electron chi connectivity index (χ3n) is 5.03. The summed E-state index contributed by atoms with van der Waals surface area (Å²) in [6.45, 7) is 1.21. The number of fused-ring (bicyclic) bond motifs is 2. The smallest absolute Gasteiger partial charge is 0.408 e. The summed E-state index contributed by atoms with van der Waals surface area (Å²) < 4.78 is 8.03. The Morgan fingerprint density at radius 2 is 1.97 bits per heavy atom. The van der Waals surface area contributed by atoms with Crippen molar-refractivity contribution >= 4 is 55.6 Å². The highest BCUT2D eigenvalue weighted by Crippen LogP contribution is 2.34. The molecule has 1 amide bonds. The number of carbonyl (C=O) groups excluding carboxylic acids is 1. The number of hydrogen-bond acceptors (Lipinski definition) is 7. The van der Waals surface area contributed by atoms with E-state index < -0.39 is 5.76 Å². The molecule has 5 aromatic rings. The third-order valence-corrected chi connectivity index (χ3v) is 7.32. The van der Waals surface area contributed by atoms with E-state index in [1.54, 1.807) is 34.1 Å². The van der Waals surface area contributed by atoms with E-state index in [0.29, 0.717) is 34.8 Å². The monoisotopic (exact) mass is 464 g/mol. The zero-order valence-corrected chi connectivity index (χ0v) is 19.1. The third kappa shape index (κ3) is 3.97. The summed E-state index contributed by atoms with van der Waals surface area (Å²) in [5.41, 5.74) is 2.73. The van der Waals surface area contributed by atoms with Gasteiger partial charge in [-0.3, -0.25) is 9.36 Å². The maximum absolute atomic E-state index is 12.9. The van der Waals surface area contributed by atoms with Gasteiger partial charge in [0.15, 0.2) is 5.58 Å². The molecule has 0 radical (unpaired) electrons. The van der Waals surface area contributed by atoms with Gasteiger partial charge in [0.05, 0.1) is 25.5 Å². The van der Waals surface area contributed by atoms with E-state index in [4.69, 9.17) is 4.42 Å². The lowest BCUT2D eigenvalue weighted by atomic mass is 10.2. The molecule has 5 rings (SSSR count). The number of nitrogens with one attached hydrogen (secondary N) is 1. The minimum atomic E-state index is -0.399. The Morgan fingerprint density at radius 3 is 2.78 bits per heavy atom. The lowest BCUT2D eigenvalue weighted by Crippen LogP contribution is -2.23. The second-order valence-electron chi connectivity index (χ2n) is 7.61. The van der Waals surface area contributed by atoms with Crippen LogP contribution in [0.4, 0.5) is 5.69 Å². The average molecular weight is 465 g/mol. The number of amides is 1. The lowest BCUT2D eigenvalue weighted by Gasteiger charge is -2.09. The molecule has 0 atom stereocenters. The number of benzene rings is 2. The second kappa shape index (κ2) is 8.34. The van der Waals surface area contributed by atoms with Gasteiger partial charge in [-0.15, -0.1) is 22.7 Å². The maximum atomic E-state index is 12.9. The van der Waals surface area contributed by atoms with Gasteiger partial charge in [0.1, 0.15) is 5.01 Å². The van der Waals surface area contributed by atoms with E-state index in [-0.39, 0.29) is 5.91 Å². The molecule has 32 heavy (non-hydrogen) atoms. The Labute approximate surface area is 191 Å². The van der Waals surface area contributed by atoms with Crippen molar-refractivity contribution in [3.05, 3.63) is 70.0 Å². The molecule has 1 N–H and O–H groups in total. The summed E-state index contributed by atoms with van der Waals surface area (Å²) in [7, 11) is 3.89. The van der Waals surface area contributed by atoms with Gasteiger partial charge in [-0.25, -0.2) is 9.78 Å². The summed E-state index contributed by atoms with van der Waals surface area (Å²) in [6, 6.07) is 16.9. The van der Waals surface area contributed by atoms with Crippen molar-refractivity contribution in [1.29, 1.82) is 0 Å². The zero-order valence-electron chi connectivity index (χ0n) is 17.5. The predicted molar refractivity (Wildman–Crippen MR) is 130 cm³/mol. The summed E-state index contributed by atoms with van der Waals surface area (Å²) in [6.07, 6.45) is 0. The average Bonchev–Trinajstić information content (AvgIpc) is 3.48. The van der Waals surface area contributed by atoms with Crippen LogP contribution < -0.4 is 11.1 Å². The summed E-state index contributed by atoms with van der Waals surface area (Å²) in [4.78, 5) is 33.3. The molecule has 0 unspecified atom stereocenters. The SMILES string of the molecule is CN(C)CCn1c(=O)oc2ccc(NC(=O)c3ccc(-c4nc5ccccc5s4)s3)cc21. The van der Waals surface area contributed by atoms with Crippen LogP contribution >= 0.6 is 22.7 Å². The quantitative estimate of drug-likeness (QED) is 0.392. The van der Waals surface area contributed by atoms with Crippen LogP contribution in [0.25, 0.3) is 31.2 Å². The first-order valence-corrected chi connectivity index (χ1v) is 11.7. The van der Waals surface area contributed by atoms with Crippen molar-refractivity contribution < 1.29 is 9.21 Å². The van der Waals surface area contributed by atoms with Crippen LogP contribution in [0.2, 0.25) is 0 Å². The number of anilines is 1. The van der Waals surface area contributed by atoms with Gasteiger partial charge in [0.2, 0.25) is 0 Å². The fourth-order valence-corrected chi connectivity index (χ4v) is 5.32. The topological polar surface area (TPSA) is 80.4 Å². The number of oxazole rings is 1. The molecule has 0 spiro atoms. The second-order valence-corrected chi connectivity index (χ2v) is 9.72. The molecule has 3 heterocycles. The number of thiazole rings is 1. The van der Waals surface area contributed by atoms with Gasteiger partial charge >= 0.3 is 5.76 Å². The largest absolute Gasteiger partial charge is 0.419 e. The van der Waals surface area contributed by atoms with Crippen LogP contribution in [-0.4, -0.2) is 41.0 Å². The molecule has 9 heteroatoms. The van der Waals surface area contributed by atoms with Crippen molar-refractivity contribution in [2.75, 3.05) is 26.0 Å². The maximum Gasteiger partial charge on any atom is 0.419 e. The minimum Gasteiger partial charge on any atom is -0.408 e. The number of likely N-dealkylation sites (N-methyl/N-ethyl adjacent to an activating group) is 1. The number of nitrogens with zero attached hydrogens (tertiary/aromatic N) is 3. The molecule has 0 aliphatic carbocycles. The van der Waals surface area contributed by atoms with Crippen LogP contribution in [0.3, 0.4) is 0 Å². The van der Waals surface area contributed by atoms with Gasteiger partial charge in [0.25, 0.3) is 5.91 Å². The normalized spacial score (nSPS) is 11.6. The van der Waals surface area contributed by atoms with E-state index in [9.17, 15) is 9.59 Å². The highest BCUT2D eigenvalue weighted by Gasteiger charge is 2.15. The Bertz CT molecular complexity index is 1460. The van der Waals surface area contributed by atoms with Crippen molar-refractivity contribution in [2.24, 2.45) is 0 Å². The van der Waals surface area contributed by atoms with E-state index in [1.165, 1.54) is 11.3 Å². The standard InChI is InChI=1S/C23H20N4O3S2/c1-26(2)11-12-27-16-13-14(7-8-17(16)30-23(27)29)24-21(28)19-9-10-20(31-19)22-25-15-5-3-4-6-18(15)32-22/h3-10,13H,11-12H2,1-2H3,(H,24,28). The van der Waals surface area contributed by atoms with E-state index in [2.05, 4.69) is 10.3 Å². The first-order chi connectivity index (χ1) is 15.5. The fourth-order valence-electron chi connectivity index (χ4n) is 3.40. The van der Waals surface area contributed by atoms with Gasteiger partial charge in [-0.05, 0) is 56.6 Å². The summed E-state index contributed by atoms with van der Waals surface area (Å²) in [5, 5.41) is 3.83. The van der Waals surface area contributed by atoms with Gasteiger partial charge in [-0.2, -0.15) is 0 Å². The van der Waals surface area contributed by atoms with Gasteiger partial charge < -0.3 is 14.6 Å². The van der Waals surface area contributed by atoms with Gasteiger partial charge in [0, 0.05) is 18.8 Å². The minimum absolute atomic E-state index is 0.201. The number of hydrogen-bond donors (Lipinski definition) is 1. The van der Waals surface area contributed by atoms with Crippen LogP contribution in [0, 0.1) is 0 Å². The Morgan fingerprint density at radius 1 is 1.12 bits per heavy atom. The molecule has 0 saturated carbocycles. The molecule has 3 aromatic heterocycles. The molecule has 0 aliphatic rings. The van der Waals surface area contributed by atoms with Crippen molar-refractivity contribution in [2.45, 2.75) is 6.54 Å². The molecular formula is C23H20N4O3S2. The van der Waals surface area contributed by atoms with Gasteiger partial charge in [-0.1, -0.05) is 12.1 Å². The number of aromatic nitrogens is 2. The van der Waals surface area contributed by atoms with Crippen molar-refractivity contribution in [1.82, 2.24) is 14.5 Å². The molecule has 0 saturated heterocycles. The highest BCUT2D eigenvalue weighted by molar-refractivity contribution is 7.26. The van der Waals surface area contributed by atoms with Crippen LogP contribution in [0.1, 0.15) is 9.67 Å². The van der Waals surface area contributed by atoms with E-state index >= 15 is 0 Å². The number of thiophene rings is 1. The number of para-hydroxylation sites is 1. The van der Waals surface area contributed by atoms with Crippen molar-refractivity contribution in [3.63, 3.8) is 0 Å². The zero-order chi connectivity index (χ0) is 22.2. The lowest BCUT2D eigenvalue weighted by molar-refractivity contribution is 0.103. The molecule has 0 bridgehead atoms. The summed E-state index contributed by atoms with van der Waals surface area (Å²) >= 11 is 3.02. The van der Waals surface area contributed by atoms with E-state index in [1.807, 2.05) is 55.4 Å². The Kier molecular flexibility index (Phi) is 5.38. The van der Waals surface area contributed by atoms with E-state index in [0.717, 1.165) is 20.1 Å². The first-order valence-electron chi connectivity index (χ1n) is 10.0. The predicted octanol–water partition coefficient (Wildman–Crippen LogP) is 4.75. The molecule has 2 aromatic carbocycles. The van der Waals surface area contributed by atoms with Crippen LogP contribution in [0.5, 0.6) is 0 Å². The molecule has 0 aliphatic heterocycles. The first kappa shape index (κ1) is 20.6. The molecular weight excluding hydrogens is 444 g/mol. The molecule has 162 valence electrons. The number of rotatable bonds is 6. The number of carbonyl (C=O) groups is 1. The fraction of sp³-hybridized carbons (Fsp3) is 0.174. The van der Waals surface area contributed by atoms with Crippen LogP contribution in [0.15, 0.2) is 63.8 Å². The van der Waals surface area contributed by atoms with Crippen molar-refractivity contribution in [3.8, 4) is 9.88 Å². The highest BCUT2D eigenvalue weighted by atomic mass is 32.1. The van der Waals surface area contributed by atoms with Crippen LogP contribution in [-0.2, 0) is 6.54 Å². The molecule has 7 nitrogen and oxygen atoms in total. The Hall–Kier alpha value is -3.27. The molecule has 0 fully saturated rings. The Balaban J connectivity index is 1.38.